The number of benzene rings is 1. The number of nitrogens with one attached hydrogen (secondary N) is 2. The summed E-state index contributed by atoms with van der Waals surface area (Å²) in [6.45, 7) is 7.59. The van der Waals surface area contributed by atoms with E-state index >= 15 is 0 Å². The van der Waals surface area contributed by atoms with Gasteiger partial charge in [-0.15, -0.1) is 35.7 Å². The maximum absolute atomic E-state index is 5.33. The first-order chi connectivity index (χ1) is 11.5. The topological polar surface area (TPSA) is 62.5 Å². The van der Waals surface area contributed by atoms with Crippen LogP contribution < -0.4 is 10.6 Å². The smallest absolute Gasteiger partial charge is 0.191 e. The van der Waals surface area contributed by atoms with E-state index in [4.69, 9.17) is 4.52 Å². The average Bonchev–Trinajstić information content (AvgIpc) is 3.05. The van der Waals surface area contributed by atoms with Gasteiger partial charge in [-0.2, -0.15) is 0 Å². The Balaban J connectivity index is 0.00000312. The molecule has 0 atom stereocenters. The summed E-state index contributed by atoms with van der Waals surface area (Å²) < 4.78 is 5.33. The number of nitrogens with zero attached hydrogens (tertiary/aromatic N) is 2. The molecule has 2 N–H and O–H groups in total. The number of aromatic nitrogens is 1. The molecule has 1 aromatic carbocycles. The fourth-order valence-electron chi connectivity index (χ4n) is 2.25. The number of hydrogen-bond donors (Lipinski definition) is 2. The van der Waals surface area contributed by atoms with Crippen LogP contribution in [0.25, 0.3) is 0 Å². The van der Waals surface area contributed by atoms with Crippen LogP contribution >= 0.6 is 35.7 Å². The predicted octanol–water partition coefficient (Wildman–Crippen LogP) is 4.31. The van der Waals surface area contributed by atoms with Crippen LogP contribution in [0.15, 0.2) is 38.7 Å². The summed E-state index contributed by atoms with van der Waals surface area (Å²) in [7, 11) is 1.76. The fourth-order valence-corrected chi connectivity index (χ4v) is 2.96. The molecular weight excluding hydrogens is 447 g/mol. The number of guanidine groups is 1. The Bertz CT molecular complexity index is 700. The van der Waals surface area contributed by atoms with Gasteiger partial charge in [0.25, 0.3) is 0 Å². The van der Waals surface area contributed by atoms with Crippen molar-refractivity contribution in [2.45, 2.75) is 44.7 Å². The van der Waals surface area contributed by atoms with Gasteiger partial charge in [0.15, 0.2) is 11.7 Å². The lowest BCUT2D eigenvalue weighted by atomic mass is 10.1. The van der Waals surface area contributed by atoms with Crippen LogP contribution in [-0.4, -0.2) is 24.4 Å². The van der Waals surface area contributed by atoms with E-state index in [1.54, 1.807) is 18.8 Å². The molecule has 25 heavy (non-hydrogen) atoms. The molecular formula is C18H27IN4OS. The summed E-state index contributed by atoms with van der Waals surface area (Å²) >= 11 is 1.76. The molecule has 0 aliphatic rings. The minimum Gasteiger partial charge on any atom is -0.359 e. The monoisotopic (exact) mass is 474 g/mol. The van der Waals surface area contributed by atoms with Crippen LogP contribution in [0.4, 0.5) is 0 Å². The van der Waals surface area contributed by atoms with Crippen molar-refractivity contribution in [3.8, 4) is 0 Å². The second-order valence-electron chi connectivity index (χ2n) is 5.97. The summed E-state index contributed by atoms with van der Waals surface area (Å²) in [5, 5.41) is 10.7. The third-order valence-corrected chi connectivity index (χ3v) is 4.53. The number of aliphatic imine (C=N–C) groups is 1. The van der Waals surface area contributed by atoms with Crippen LogP contribution in [0.3, 0.4) is 0 Å². The lowest BCUT2D eigenvalue weighted by Gasteiger charge is -2.13. The second kappa shape index (κ2) is 10.7. The molecule has 0 unspecified atom stereocenters. The van der Waals surface area contributed by atoms with Crippen molar-refractivity contribution in [1.82, 2.24) is 15.8 Å². The maximum Gasteiger partial charge on any atom is 0.191 e. The maximum atomic E-state index is 5.33. The zero-order valence-corrected chi connectivity index (χ0v) is 18.6. The largest absolute Gasteiger partial charge is 0.359 e. The molecule has 7 heteroatoms. The zero-order chi connectivity index (χ0) is 17.5. The lowest BCUT2D eigenvalue weighted by molar-refractivity contribution is 0.372. The van der Waals surface area contributed by atoms with Gasteiger partial charge in [0, 0.05) is 24.6 Å². The second-order valence-corrected chi connectivity index (χ2v) is 6.82. The number of rotatable bonds is 6. The molecule has 2 rings (SSSR count). The Kier molecular flexibility index (Phi) is 9.34. The molecule has 5 nitrogen and oxygen atoms in total. The van der Waals surface area contributed by atoms with Gasteiger partial charge in [-0.25, -0.2) is 0 Å². The fraction of sp³-hybridized carbons (Fsp3) is 0.444. The minimum atomic E-state index is 0. The van der Waals surface area contributed by atoms with E-state index < -0.39 is 0 Å². The standard InChI is InChI=1S/C18H26N4OS.HI/c1-12(2)16-9-15(23-22-16)11-21-18(19-4)20-10-14-7-6-13(3)8-17(14)24-5;/h6-9,12H,10-11H2,1-5H3,(H2,19,20,21);1H. The predicted molar refractivity (Wildman–Crippen MR) is 116 cm³/mol. The van der Waals surface area contributed by atoms with Crippen LogP contribution in [0.5, 0.6) is 0 Å². The molecule has 138 valence electrons. The summed E-state index contributed by atoms with van der Waals surface area (Å²) in [6.07, 6.45) is 2.10. The molecule has 0 aliphatic heterocycles. The highest BCUT2D eigenvalue weighted by Crippen LogP contribution is 2.21. The Morgan fingerprint density at radius 3 is 2.56 bits per heavy atom. The number of aryl methyl sites for hydroxylation is 1. The molecule has 0 radical (unpaired) electrons. The van der Waals surface area contributed by atoms with Gasteiger partial charge in [0.1, 0.15) is 0 Å². The Labute approximate surface area is 171 Å². The first-order valence-corrected chi connectivity index (χ1v) is 9.29. The Hall–Kier alpha value is -1.22. The number of thioether (sulfide) groups is 1. The molecule has 0 saturated carbocycles. The normalized spacial score (nSPS) is 11.4. The van der Waals surface area contributed by atoms with Crippen molar-refractivity contribution in [2.24, 2.45) is 4.99 Å². The van der Waals surface area contributed by atoms with Crippen LogP contribution in [-0.2, 0) is 13.1 Å². The van der Waals surface area contributed by atoms with E-state index in [0.29, 0.717) is 12.5 Å². The van der Waals surface area contributed by atoms with Gasteiger partial charge in [-0.3, -0.25) is 4.99 Å². The van der Waals surface area contributed by atoms with E-state index in [-0.39, 0.29) is 24.0 Å². The highest BCUT2D eigenvalue weighted by Gasteiger charge is 2.08. The molecule has 0 fully saturated rings. The SMILES string of the molecule is CN=C(NCc1cc(C(C)C)no1)NCc1ccc(C)cc1SC.I. The van der Waals surface area contributed by atoms with Crippen LogP contribution in [0.1, 0.15) is 42.3 Å². The van der Waals surface area contributed by atoms with Gasteiger partial charge in [-0.05, 0) is 36.3 Å². The van der Waals surface area contributed by atoms with E-state index in [0.717, 1.165) is 24.0 Å². The third-order valence-electron chi connectivity index (χ3n) is 3.71. The minimum absolute atomic E-state index is 0. The number of hydrogen-bond acceptors (Lipinski definition) is 4. The molecule has 0 bridgehead atoms. The summed E-state index contributed by atoms with van der Waals surface area (Å²) in [5.41, 5.74) is 3.51. The summed E-state index contributed by atoms with van der Waals surface area (Å²) in [4.78, 5) is 5.55. The van der Waals surface area contributed by atoms with Crippen molar-refractivity contribution < 1.29 is 4.52 Å². The Morgan fingerprint density at radius 1 is 1.24 bits per heavy atom. The zero-order valence-electron chi connectivity index (χ0n) is 15.4. The molecule has 1 heterocycles. The third kappa shape index (κ3) is 6.54. The highest BCUT2D eigenvalue weighted by atomic mass is 127. The average molecular weight is 474 g/mol. The first-order valence-electron chi connectivity index (χ1n) is 8.07. The van der Waals surface area contributed by atoms with Gasteiger partial charge in [0.05, 0.1) is 12.2 Å². The summed E-state index contributed by atoms with van der Waals surface area (Å²) in [6, 6.07) is 8.48. The van der Waals surface area contributed by atoms with Gasteiger partial charge < -0.3 is 15.2 Å². The van der Waals surface area contributed by atoms with Crippen molar-refractivity contribution in [3.63, 3.8) is 0 Å². The van der Waals surface area contributed by atoms with E-state index in [1.165, 1.54) is 16.0 Å². The van der Waals surface area contributed by atoms with E-state index in [2.05, 4.69) is 66.0 Å². The van der Waals surface area contributed by atoms with Crippen molar-refractivity contribution in [1.29, 1.82) is 0 Å². The summed E-state index contributed by atoms with van der Waals surface area (Å²) in [5.74, 6) is 1.92. The van der Waals surface area contributed by atoms with Gasteiger partial charge in [-0.1, -0.05) is 31.1 Å². The van der Waals surface area contributed by atoms with Crippen molar-refractivity contribution in [3.05, 3.63) is 46.8 Å². The Morgan fingerprint density at radius 2 is 1.96 bits per heavy atom. The van der Waals surface area contributed by atoms with Crippen molar-refractivity contribution >= 4 is 41.7 Å². The van der Waals surface area contributed by atoms with Crippen molar-refractivity contribution in [2.75, 3.05) is 13.3 Å². The van der Waals surface area contributed by atoms with Gasteiger partial charge >= 0.3 is 0 Å². The molecule has 0 saturated heterocycles. The quantitative estimate of drug-likeness (QED) is 0.283. The lowest BCUT2D eigenvalue weighted by Crippen LogP contribution is -2.36. The van der Waals surface area contributed by atoms with E-state index in [9.17, 15) is 0 Å². The molecule has 2 aromatic rings. The first kappa shape index (κ1) is 21.8. The van der Waals surface area contributed by atoms with E-state index in [1.807, 2.05) is 6.07 Å². The molecule has 0 aliphatic carbocycles. The van der Waals surface area contributed by atoms with Crippen LogP contribution in [0, 0.1) is 6.92 Å². The molecule has 1 aromatic heterocycles. The van der Waals surface area contributed by atoms with Gasteiger partial charge in [0.2, 0.25) is 0 Å². The van der Waals surface area contributed by atoms with Crippen LogP contribution in [0.2, 0.25) is 0 Å². The number of halogens is 1. The molecule has 0 amide bonds. The molecule has 0 spiro atoms. The highest BCUT2D eigenvalue weighted by molar-refractivity contribution is 14.0.